The van der Waals surface area contributed by atoms with Crippen molar-refractivity contribution in [1.82, 2.24) is 0 Å². The summed E-state index contributed by atoms with van der Waals surface area (Å²) in [5, 5.41) is 10.2. The van der Waals surface area contributed by atoms with Gasteiger partial charge < -0.3 is 9.84 Å². The molecule has 15 heavy (non-hydrogen) atoms. The van der Waals surface area contributed by atoms with Crippen molar-refractivity contribution >= 4 is 0 Å². The van der Waals surface area contributed by atoms with Crippen LogP contribution in [0.25, 0.3) is 0 Å². The van der Waals surface area contributed by atoms with Gasteiger partial charge in [0.2, 0.25) is 0 Å². The largest absolute Gasteiger partial charge is 0.494 e. The monoisotopic (exact) mass is 208 g/mol. The molecule has 1 aromatic rings. The zero-order chi connectivity index (χ0) is 11.5. The summed E-state index contributed by atoms with van der Waals surface area (Å²) >= 11 is 0. The standard InChI is InChI=1S/C13H20O2/c1-5-15-12-8-6-11(7-9-12)13(4,14)10(2)3/h6-10,14H,5H2,1-4H3. The smallest absolute Gasteiger partial charge is 0.119 e. The van der Waals surface area contributed by atoms with Gasteiger partial charge in [0.25, 0.3) is 0 Å². The van der Waals surface area contributed by atoms with Gasteiger partial charge in [-0.2, -0.15) is 0 Å². The van der Waals surface area contributed by atoms with Crippen molar-refractivity contribution in [3.05, 3.63) is 29.8 Å². The number of ether oxygens (including phenoxy) is 1. The fourth-order valence-electron chi connectivity index (χ4n) is 1.39. The lowest BCUT2D eigenvalue weighted by molar-refractivity contribution is 0.00901. The number of hydrogen-bond donors (Lipinski definition) is 1. The average Bonchev–Trinajstić information content (AvgIpc) is 2.19. The summed E-state index contributed by atoms with van der Waals surface area (Å²) in [4.78, 5) is 0. The molecule has 0 heterocycles. The summed E-state index contributed by atoms with van der Waals surface area (Å²) in [5.41, 5.74) is 0.158. The first-order chi connectivity index (χ1) is 6.98. The minimum absolute atomic E-state index is 0.190. The van der Waals surface area contributed by atoms with Crippen LogP contribution in [0.3, 0.4) is 0 Å². The molecule has 1 aromatic carbocycles. The van der Waals surface area contributed by atoms with E-state index in [-0.39, 0.29) is 5.92 Å². The van der Waals surface area contributed by atoms with Crippen LogP contribution in [0.1, 0.15) is 33.3 Å². The van der Waals surface area contributed by atoms with Gasteiger partial charge in [0.1, 0.15) is 5.75 Å². The van der Waals surface area contributed by atoms with Crippen molar-refractivity contribution < 1.29 is 9.84 Å². The molecular formula is C13H20O2. The van der Waals surface area contributed by atoms with E-state index in [1.807, 2.05) is 52.0 Å². The Morgan fingerprint density at radius 1 is 1.27 bits per heavy atom. The minimum Gasteiger partial charge on any atom is -0.494 e. The summed E-state index contributed by atoms with van der Waals surface area (Å²) in [7, 11) is 0. The molecule has 0 aliphatic heterocycles. The third-order valence-corrected chi connectivity index (χ3v) is 2.87. The van der Waals surface area contributed by atoms with Crippen LogP contribution in [0.4, 0.5) is 0 Å². The third-order valence-electron chi connectivity index (χ3n) is 2.87. The zero-order valence-electron chi connectivity index (χ0n) is 9.95. The molecule has 0 fully saturated rings. The van der Waals surface area contributed by atoms with Gasteiger partial charge in [0.15, 0.2) is 0 Å². The van der Waals surface area contributed by atoms with E-state index in [2.05, 4.69) is 0 Å². The SMILES string of the molecule is CCOc1ccc(C(C)(O)C(C)C)cc1. The first-order valence-corrected chi connectivity index (χ1v) is 5.44. The molecule has 1 N–H and O–H groups in total. The Morgan fingerprint density at radius 3 is 2.20 bits per heavy atom. The second kappa shape index (κ2) is 4.67. The topological polar surface area (TPSA) is 29.5 Å². The van der Waals surface area contributed by atoms with Crippen molar-refractivity contribution in [2.45, 2.75) is 33.3 Å². The maximum absolute atomic E-state index is 10.2. The highest BCUT2D eigenvalue weighted by molar-refractivity contribution is 5.30. The molecule has 0 spiro atoms. The third kappa shape index (κ3) is 2.72. The maximum atomic E-state index is 10.2. The molecule has 2 nitrogen and oxygen atoms in total. The lowest BCUT2D eigenvalue weighted by Crippen LogP contribution is -2.27. The van der Waals surface area contributed by atoms with Gasteiger partial charge in [0.05, 0.1) is 12.2 Å². The fourth-order valence-corrected chi connectivity index (χ4v) is 1.39. The summed E-state index contributed by atoms with van der Waals surface area (Å²) < 4.78 is 5.35. The van der Waals surface area contributed by atoms with Gasteiger partial charge in [-0.05, 0) is 37.5 Å². The first kappa shape index (κ1) is 12.1. The molecule has 84 valence electrons. The van der Waals surface area contributed by atoms with Gasteiger partial charge >= 0.3 is 0 Å². The van der Waals surface area contributed by atoms with Crippen LogP contribution in [-0.2, 0) is 5.60 Å². The van der Waals surface area contributed by atoms with Gasteiger partial charge in [-0.25, -0.2) is 0 Å². The summed E-state index contributed by atoms with van der Waals surface area (Å²) in [6, 6.07) is 7.64. The molecule has 0 saturated heterocycles. The van der Waals surface area contributed by atoms with Crippen molar-refractivity contribution in [3.8, 4) is 5.75 Å². The molecular weight excluding hydrogens is 188 g/mol. The van der Waals surface area contributed by atoms with Gasteiger partial charge in [-0.1, -0.05) is 26.0 Å². The van der Waals surface area contributed by atoms with E-state index in [0.29, 0.717) is 6.61 Å². The van der Waals surface area contributed by atoms with Crippen molar-refractivity contribution in [1.29, 1.82) is 0 Å². The number of hydrogen-bond acceptors (Lipinski definition) is 2. The maximum Gasteiger partial charge on any atom is 0.119 e. The Hall–Kier alpha value is -1.02. The van der Waals surface area contributed by atoms with Crippen LogP contribution in [0, 0.1) is 5.92 Å². The van der Waals surface area contributed by atoms with Crippen LogP contribution in [0.2, 0.25) is 0 Å². The van der Waals surface area contributed by atoms with Crippen LogP contribution in [0.5, 0.6) is 5.75 Å². The van der Waals surface area contributed by atoms with E-state index in [4.69, 9.17) is 4.74 Å². The van der Waals surface area contributed by atoms with Crippen molar-refractivity contribution in [3.63, 3.8) is 0 Å². The zero-order valence-corrected chi connectivity index (χ0v) is 9.95. The van der Waals surface area contributed by atoms with Crippen molar-refractivity contribution in [2.75, 3.05) is 6.61 Å². The molecule has 1 atom stereocenters. The van der Waals surface area contributed by atoms with E-state index in [1.165, 1.54) is 0 Å². The Balaban J connectivity index is 2.88. The average molecular weight is 208 g/mol. The van der Waals surface area contributed by atoms with E-state index in [9.17, 15) is 5.11 Å². The molecule has 0 aliphatic rings. The molecule has 0 aliphatic carbocycles. The molecule has 2 heteroatoms. The lowest BCUT2D eigenvalue weighted by Gasteiger charge is -2.28. The Kier molecular flexibility index (Phi) is 3.75. The van der Waals surface area contributed by atoms with Gasteiger partial charge in [0, 0.05) is 0 Å². The van der Waals surface area contributed by atoms with Crippen LogP contribution >= 0.6 is 0 Å². The minimum atomic E-state index is -0.773. The van der Waals surface area contributed by atoms with E-state index in [1.54, 1.807) is 0 Å². The lowest BCUT2D eigenvalue weighted by atomic mass is 9.85. The van der Waals surface area contributed by atoms with Crippen molar-refractivity contribution in [2.24, 2.45) is 5.92 Å². The predicted molar refractivity (Wildman–Crippen MR) is 62.0 cm³/mol. The van der Waals surface area contributed by atoms with E-state index in [0.717, 1.165) is 11.3 Å². The van der Waals surface area contributed by atoms with E-state index >= 15 is 0 Å². The first-order valence-electron chi connectivity index (χ1n) is 5.44. The molecule has 1 rings (SSSR count). The highest BCUT2D eigenvalue weighted by Gasteiger charge is 2.26. The van der Waals surface area contributed by atoms with E-state index < -0.39 is 5.60 Å². The summed E-state index contributed by atoms with van der Waals surface area (Å²) in [6.07, 6.45) is 0. The quantitative estimate of drug-likeness (QED) is 0.824. The molecule has 0 radical (unpaired) electrons. The number of benzene rings is 1. The van der Waals surface area contributed by atoms with Crippen LogP contribution < -0.4 is 4.74 Å². The second-order valence-electron chi connectivity index (χ2n) is 4.26. The summed E-state index contributed by atoms with van der Waals surface area (Å²) in [6.45, 7) is 8.48. The summed E-state index contributed by atoms with van der Waals surface area (Å²) in [5.74, 6) is 1.04. The predicted octanol–water partition coefficient (Wildman–Crippen LogP) is 2.95. The van der Waals surface area contributed by atoms with Crippen LogP contribution in [-0.4, -0.2) is 11.7 Å². The highest BCUT2D eigenvalue weighted by Crippen LogP contribution is 2.29. The molecule has 0 bridgehead atoms. The van der Waals surface area contributed by atoms with Gasteiger partial charge in [-0.3, -0.25) is 0 Å². The molecule has 0 saturated carbocycles. The second-order valence-corrected chi connectivity index (χ2v) is 4.26. The Morgan fingerprint density at radius 2 is 1.80 bits per heavy atom. The highest BCUT2D eigenvalue weighted by atomic mass is 16.5. The molecule has 1 unspecified atom stereocenters. The normalized spacial score (nSPS) is 15.1. The Bertz CT molecular complexity index is 299. The molecule has 0 aromatic heterocycles. The Labute approximate surface area is 91.9 Å². The number of aliphatic hydroxyl groups is 1. The fraction of sp³-hybridized carbons (Fsp3) is 0.538. The number of rotatable bonds is 4. The van der Waals surface area contributed by atoms with Crippen LogP contribution in [0.15, 0.2) is 24.3 Å². The van der Waals surface area contributed by atoms with Gasteiger partial charge in [-0.15, -0.1) is 0 Å². The molecule has 0 amide bonds.